The van der Waals surface area contributed by atoms with Gasteiger partial charge in [0.25, 0.3) is 5.56 Å². The Morgan fingerprint density at radius 3 is 2.90 bits per heavy atom. The van der Waals surface area contributed by atoms with Crippen LogP contribution in [0.1, 0.15) is 36.9 Å². The normalized spacial score (nSPS) is 20.7. The molecule has 1 saturated heterocycles. The van der Waals surface area contributed by atoms with E-state index in [0.29, 0.717) is 12.5 Å². The molecule has 0 bridgehead atoms. The molecule has 1 aliphatic carbocycles. The smallest absolute Gasteiger partial charge is 0.328 e. The van der Waals surface area contributed by atoms with E-state index in [0.717, 1.165) is 37.9 Å². The molecule has 2 aliphatic rings. The number of H-pyrrole nitrogens is 1. The van der Waals surface area contributed by atoms with E-state index < -0.39 is 11.2 Å². The number of aryl methyl sites for hydroxylation is 2. The minimum absolute atomic E-state index is 0.0255. The van der Waals surface area contributed by atoms with E-state index in [1.54, 1.807) is 0 Å². The van der Waals surface area contributed by atoms with E-state index in [1.807, 2.05) is 30.1 Å². The first-order valence-electron chi connectivity index (χ1n) is 9.99. The van der Waals surface area contributed by atoms with E-state index in [1.165, 1.54) is 22.4 Å². The molecule has 1 unspecified atom stereocenters. The van der Waals surface area contributed by atoms with E-state index in [9.17, 15) is 14.4 Å². The van der Waals surface area contributed by atoms with Crippen LogP contribution in [0.15, 0.2) is 28.0 Å². The summed E-state index contributed by atoms with van der Waals surface area (Å²) >= 11 is 0. The summed E-state index contributed by atoms with van der Waals surface area (Å²) in [7, 11) is 3.86. The number of carbonyl (C=O) groups is 1. The molecule has 0 saturated carbocycles. The molecule has 4 rings (SSSR count). The van der Waals surface area contributed by atoms with Gasteiger partial charge in [0.05, 0.1) is 5.69 Å². The van der Waals surface area contributed by atoms with Gasteiger partial charge < -0.3 is 14.4 Å². The highest BCUT2D eigenvalue weighted by Crippen LogP contribution is 2.44. The Hall–Kier alpha value is -2.97. The Morgan fingerprint density at radius 1 is 1.31 bits per heavy atom. The maximum absolute atomic E-state index is 12.9. The number of hydrogen-bond acceptors (Lipinski definition) is 6. The van der Waals surface area contributed by atoms with Crippen molar-refractivity contribution in [1.82, 2.24) is 24.4 Å². The largest absolute Gasteiger partial charge is 0.347 e. The van der Waals surface area contributed by atoms with Gasteiger partial charge in [-0.15, -0.1) is 0 Å². The molecule has 2 aromatic heterocycles. The summed E-state index contributed by atoms with van der Waals surface area (Å²) in [5.41, 5.74) is 1.24. The summed E-state index contributed by atoms with van der Waals surface area (Å²) < 4.78 is 1.36. The third-order valence-corrected chi connectivity index (χ3v) is 6.02. The minimum atomic E-state index is -0.488. The molecule has 1 amide bonds. The van der Waals surface area contributed by atoms with Gasteiger partial charge in [0.15, 0.2) is 0 Å². The van der Waals surface area contributed by atoms with Crippen LogP contribution in [0.3, 0.4) is 0 Å². The number of fused-ring (bicyclic) bond motifs is 2. The van der Waals surface area contributed by atoms with E-state index in [4.69, 9.17) is 4.98 Å². The van der Waals surface area contributed by atoms with Gasteiger partial charge in [-0.25, -0.2) is 14.8 Å². The van der Waals surface area contributed by atoms with Crippen LogP contribution in [-0.4, -0.2) is 57.5 Å². The highest BCUT2D eigenvalue weighted by molar-refractivity contribution is 5.76. The van der Waals surface area contributed by atoms with Crippen molar-refractivity contribution in [2.45, 2.75) is 44.1 Å². The fraction of sp³-hybridized carbons (Fsp3) is 0.550. The third-order valence-electron chi connectivity index (χ3n) is 6.02. The van der Waals surface area contributed by atoms with Gasteiger partial charge in [0.1, 0.15) is 0 Å². The Balaban J connectivity index is 1.49. The van der Waals surface area contributed by atoms with Crippen molar-refractivity contribution < 1.29 is 4.79 Å². The van der Waals surface area contributed by atoms with Crippen molar-refractivity contribution in [2.75, 3.05) is 32.1 Å². The zero-order valence-electron chi connectivity index (χ0n) is 16.8. The van der Waals surface area contributed by atoms with Crippen LogP contribution in [0, 0.1) is 0 Å². The van der Waals surface area contributed by atoms with Crippen LogP contribution in [0.4, 0.5) is 5.95 Å². The molecule has 1 atom stereocenters. The lowest BCUT2D eigenvalue weighted by atomic mass is 9.77. The summed E-state index contributed by atoms with van der Waals surface area (Å²) in [6.07, 6.45) is 7.46. The number of amides is 1. The van der Waals surface area contributed by atoms with Gasteiger partial charge in [-0.1, -0.05) is 0 Å². The number of rotatable bonds is 4. The Kier molecular flexibility index (Phi) is 4.97. The number of likely N-dealkylation sites (tertiary alicyclic amines) is 1. The molecule has 1 spiro atoms. The number of nitrogens with zero attached hydrogens (tertiary/aromatic N) is 5. The molecule has 0 radical (unpaired) electrons. The first kappa shape index (κ1) is 19.4. The van der Waals surface area contributed by atoms with E-state index >= 15 is 0 Å². The SMILES string of the molecule is CN(C)c1ncc2c(n1)C1(CCCN(C(=O)CCn3ccc(=O)[nH]c3=O)C1)CC2. The highest BCUT2D eigenvalue weighted by Gasteiger charge is 2.44. The molecule has 9 nitrogen and oxygen atoms in total. The van der Waals surface area contributed by atoms with Gasteiger partial charge in [-0.3, -0.25) is 14.6 Å². The average Bonchev–Trinajstić information content (AvgIpc) is 3.04. The third kappa shape index (κ3) is 3.68. The van der Waals surface area contributed by atoms with Gasteiger partial charge >= 0.3 is 5.69 Å². The minimum Gasteiger partial charge on any atom is -0.347 e. The van der Waals surface area contributed by atoms with Crippen LogP contribution in [0.5, 0.6) is 0 Å². The molecule has 3 heterocycles. The van der Waals surface area contributed by atoms with Crippen LogP contribution in [0.25, 0.3) is 0 Å². The highest BCUT2D eigenvalue weighted by atomic mass is 16.2. The lowest BCUT2D eigenvalue weighted by Crippen LogP contribution is -2.48. The van der Waals surface area contributed by atoms with Crippen LogP contribution in [0.2, 0.25) is 0 Å². The van der Waals surface area contributed by atoms with Crippen molar-refractivity contribution in [3.05, 3.63) is 50.6 Å². The first-order chi connectivity index (χ1) is 13.9. The van der Waals surface area contributed by atoms with Crippen molar-refractivity contribution in [3.63, 3.8) is 0 Å². The lowest BCUT2D eigenvalue weighted by Gasteiger charge is -2.40. The summed E-state index contributed by atoms with van der Waals surface area (Å²) in [4.78, 5) is 51.2. The number of aromatic nitrogens is 4. The second-order valence-corrected chi connectivity index (χ2v) is 8.19. The van der Waals surface area contributed by atoms with Crippen molar-refractivity contribution in [2.24, 2.45) is 0 Å². The molecule has 2 aromatic rings. The molecule has 154 valence electrons. The van der Waals surface area contributed by atoms with Gasteiger partial charge in [0.2, 0.25) is 11.9 Å². The molecular weight excluding hydrogens is 372 g/mol. The Morgan fingerprint density at radius 2 is 2.14 bits per heavy atom. The number of hydrogen-bond donors (Lipinski definition) is 1. The maximum Gasteiger partial charge on any atom is 0.328 e. The predicted octanol–water partition coefficient (Wildman–Crippen LogP) is 0.289. The van der Waals surface area contributed by atoms with Gasteiger partial charge in [-0.05, 0) is 31.2 Å². The van der Waals surface area contributed by atoms with E-state index in [-0.39, 0.29) is 24.3 Å². The van der Waals surface area contributed by atoms with Crippen molar-refractivity contribution >= 4 is 11.9 Å². The number of nitrogens with one attached hydrogen (secondary N) is 1. The molecule has 0 aromatic carbocycles. The van der Waals surface area contributed by atoms with Crippen LogP contribution in [-0.2, 0) is 23.2 Å². The number of carbonyl (C=O) groups excluding carboxylic acids is 1. The zero-order chi connectivity index (χ0) is 20.6. The monoisotopic (exact) mass is 398 g/mol. The predicted molar refractivity (Wildman–Crippen MR) is 108 cm³/mol. The summed E-state index contributed by atoms with van der Waals surface area (Å²) in [5.74, 6) is 0.725. The topological polar surface area (TPSA) is 104 Å². The lowest BCUT2D eigenvalue weighted by molar-refractivity contribution is -0.133. The summed E-state index contributed by atoms with van der Waals surface area (Å²) in [5, 5.41) is 0. The average molecular weight is 398 g/mol. The first-order valence-corrected chi connectivity index (χ1v) is 9.99. The Bertz CT molecular complexity index is 1040. The van der Waals surface area contributed by atoms with Crippen molar-refractivity contribution in [1.29, 1.82) is 0 Å². The zero-order valence-corrected chi connectivity index (χ0v) is 16.8. The van der Waals surface area contributed by atoms with Crippen molar-refractivity contribution in [3.8, 4) is 0 Å². The molecule has 1 fully saturated rings. The summed E-state index contributed by atoms with van der Waals surface area (Å²) in [6, 6.07) is 1.29. The molecule has 9 heteroatoms. The molecular formula is C20H26N6O3. The second kappa shape index (κ2) is 7.46. The maximum atomic E-state index is 12.9. The Labute approximate surface area is 168 Å². The van der Waals surface area contributed by atoms with Crippen LogP contribution >= 0.6 is 0 Å². The summed E-state index contributed by atoms with van der Waals surface area (Å²) in [6.45, 7) is 1.63. The number of aromatic amines is 1. The quantitative estimate of drug-likeness (QED) is 0.794. The second-order valence-electron chi connectivity index (χ2n) is 8.19. The van der Waals surface area contributed by atoms with E-state index in [2.05, 4.69) is 9.97 Å². The van der Waals surface area contributed by atoms with Crippen LogP contribution < -0.4 is 16.1 Å². The fourth-order valence-electron chi connectivity index (χ4n) is 4.48. The molecule has 1 N–H and O–H groups in total. The van der Waals surface area contributed by atoms with Gasteiger partial charge in [-0.2, -0.15) is 0 Å². The standard InChI is InChI=1S/C20H26N6O3/c1-24(2)18-21-12-14-4-8-20(17(14)23-18)7-3-9-26(13-20)16(28)6-11-25-10-5-15(27)22-19(25)29/h5,10,12H,3-4,6-9,11,13H2,1-2H3,(H,22,27,29). The van der Waals surface area contributed by atoms with Gasteiger partial charge in [0, 0.05) is 64.0 Å². The molecule has 29 heavy (non-hydrogen) atoms. The number of piperidine rings is 1. The number of anilines is 1. The fourth-order valence-corrected chi connectivity index (χ4v) is 4.48. The molecule has 1 aliphatic heterocycles.